The second kappa shape index (κ2) is 12.1. The number of halogens is 1. The smallest absolute Gasteiger partial charge is 0.305 e. The van der Waals surface area contributed by atoms with Crippen molar-refractivity contribution < 1.29 is 28.6 Å². The van der Waals surface area contributed by atoms with Gasteiger partial charge in [-0.3, -0.25) is 10.1 Å². The minimum absolute atomic E-state index is 0.110. The van der Waals surface area contributed by atoms with E-state index in [2.05, 4.69) is 0 Å². The molecule has 0 aliphatic rings. The Bertz CT molecular complexity index is 1530. The van der Waals surface area contributed by atoms with E-state index in [-0.39, 0.29) is 5.75 Å². The first kappa shape index (κ1) is 27.2. The van der Waals surface area contributed by atoms with Gasteiger partial charge in [0.15, 0.2) is 11.5 Å². The Balaban J connectivity index is 1.63. The predicted octanol–water partition coefficient (Wildman–Crippen LogP) is 7.09. The fraction of sp³-hybridized carbons (Fsp3) is 0.161. The van der Waals surface area contributed by atoms with Crippen LogP contribution in [0.4, 0.5) is 10.1 Å². The first-order valence-electron chi connectivity index (χ1n) is 12.2. The van der Waals surface area contributed by atoms with Gasteiger partial charge in [-0.25, -0.2) is 0 Å². The molecule has 0 aromatic heterocycles. The van der Waals surface area contributed by atoms with Crippen LogP contribution in [0.15, 0.2) is 72.8 Å². The number of aryl methyl sites for hydroxylation is 2. The monoisotopic (exact) mass is 529 g/mol. The van der Waals surface area contributed by atoms with Crippen LogP contribution >= 0.6 is 0 Å². The van der Waals surface area contributed by atoms with E-state index in [9.17, 15) is 19.6 Å². The van der Waals surface area contributed by atoms with Gasteiger partial charge in [-0.15, -0.1) is 0 Å². The molecule has 0 amide bonds. The lowest BCUT2D eigenvalue weighted by Gasteiger charge is -2.14. The summed E-state index contributed by atoms with van der Waals surface area (Å²) in [6, 6.07) is 20.8. The number of phenols is 1. The zero-order valence-corrected chi connectivity index (χ0v) is 21.8. The Hall–Kier alpha value is -4.85. The van der Waals surface area contributed by atoms with Crippen LogP contribution in [0, 0.1) is 15.9 Å². The number of hydrogen-bond acceptors (Lipinski definition) is 6. The molecule has 1 N–H and O–H groups in total. The van der Waals surface area contributed by atoms with Crippen molar-refractivity contribution in [2.75, 3.05) is 21.3 Å². The second-order valence-electron chi connectivity index (χ2n) is 8.80. The molecule has 8 heteroatoms. The number of rotatable bonds is 10. The van der Waals surface area contributed by atoms with Gasteiger partial charge in [0.25, 0.3) is 0 Å². The fourth-order valence-corrected chi connectivity index (χ4v) is 4.30. The molecule has 0 unspecified atom stereocenters. The quantitative estimate of drug-likeness (QED) is 0.134. The van der Waals surface area contributed by atoms with E-state index in [0.717, 1.165) is 46.7 Å². The van der Waals surface area contributed by atoms with Crippen LogP contribution in [0.3, 0.4) is 0 Å². The maximum atomic E-state index is 13.8. The van der Waals surface area contributed by atoms with Gasteiger partial charge in [0.1, 0.15) is 11.5 Å². The van der Waals surface area contributed by atoms with E-state index < -0.39 is 16.4 Å². The molecule has 200 valence electrons. The molecular formula is C31H28FNO6. The SMILES string of the molecule is COc1ccc(-c2ccc(CCc3ccc(OC)c(O)c3)cc2OC)c(/C=C\c2ccc(F)c([N+](=O)[O-])c2)c1. The van der Waals surface area contributed by atoms with Crippen LogP contribution in [0.5, 0.6) is 23.0 Å². The van der Waals surface area contributed by atoms with E-state index in [0.29, 0.717) is 22.8 Å². The van der Waals surface area contributed by atoms with Gasteiger partial charge in [-0.2, -0.15) is 4.39 Å². The number of hydrogen-bond donors (Lipinski definition) is 1. The lowest BCUT2D eigenvalue weighted by molar-refractivity contribution is -0.387. The van der Waals surface area contributed by atoms with Crippen molar-refractivity contribution in [3.05, 3.63) is 111 Å². The Morgan fingerprint density at radius 3 is 2.15 bits per heavy atom. The van der Waals surface area contributed by atoms with Gasteiger partial charge < -0.3 is 19.3 Å². The van der Waals surface area contributed by atoms with Gasteiger partial charge in [-0.05, 0) is 83.1 Å². The topological polar surface area (TPSA) is 91.1 Å². The summed E-state index contributed by atoms with van der Waals surface area (Å²) in [5.74, 6) is 0.988. The summed E-state index contributed by atoms with van der Waals surface area (Å²) in [4.78, 5) is 10.4. The van der Waals surface area contributed by atoms with E-state index in [1.165, 1.54) is 19.2 Å². The average molecular weight is 530 g/mol. The summed E-state index contributed by atoms with van der Waals surface area (Å²) >= 11 is 0. The first-order valence-corrected chi connectivity index (χ1v) is 12.2. The molecule has 0 bridgehead atoms. The number of ether oxygens (including phenoxy) is 3. The molecule has 0 spiro atoms. The third kappa shape index (κ3) is 6.35. The van der Waals surface area contributed by atoms with Crippen molar-refractivity contribution >= 4 is 17.8 Å². The number of benzene rings is 4. The van der Waals surface area contributed by atoms with Gasteiger partial charge >= 0.3 is 5.69 Å². The Morgan fingerprint density at radius 2 is 1.49 bits per heavy atom. The van der Waals surface area contributed by atoms with Gasteiger partial charge in [0.05, 0.1) is 26.3 Å². The van der Waals surface area contributed by atoms with Crippen molar-refractivity contribution in [1.82, 2.24) is 0 Å². The number of nitrogens with zero attached hydrogens (tertiary/aromatic N) is 1. The number of aromatic hydroxyl groups is 1. The van der Waals surface area contributed by atoms with Crippen molar-refractivity contribution in [3.63, 3.8) is 0 Å². The minimum atomic E-state index is -0.882. The molecule has 4 rings (SSSR count). The maximum absolute atomic E-state index is 13.8. The number of nitro benzene ring substituents is 1. The molecule has 4 aromatic rings. The van der Waals surface area contributed by atoms with Gasteiger partial charge in [0, 0.05) is 11.6 Å². The third-order valence-electron chi connectivity index (χ3n) is 6.38. The molecule has 0 aliphatic carbocycles. The normalized spacial score (nSPS) is 11.0. The predicted molar refractivity (Wildman–Crippen MR) is 149 cm³/mol. The fourth-order valence-electron chi connectivity index (χ4n) is 4.30. The summed E-state index contributed by atoms with van der Waals surface area (Å²) in [6.45, 7) is 0. The standard InChI is InChI=1S/C31H28FNO6/c1-37-24-11-13-25(23(19-24)10-6-20-8-14-27(32)28(16-20)33(35)36)26-12-7-22(18-31(26)39-3)5-4-21-9-15-30(38-2)29(34)17-21/h6-19,34H,4-5H2,1-3H3/b10-6-. The van der Waals surface area contributed by atoms with E-state index in [1.54, 1.807) is 38.5 Å². The van der Waals surface area contributed by atoms with E-state index >= 15 is 0 Å². The Kier molecular flexibility index (Phi) is 8.46. The minimum Gasteiger partial charge on any atom is -0.504 e. The van der Waals surface area contributed by atoms with Crippen LogP contribution in [-0.2, 0) is 12.8 Å². The van der Waals surface area contributed by atoms with Gasteiger partial charge in [-0.1, -0.05) is 36.4 Å². The van der Waals surface area contributed by atoms with Crippen LogP contribution in [-0.4, -0.2) is 31.4 Å². The zero-order chi connectivity index (χ0) is 27.9. The molecule has 0 fully saturated rings. The highest BCUT2D eigenvalue weighted by Gasteiger charge is 2.15. The van der Waals surface area contributed by atoms with Crippen molar-refractivity contribution in [2.45, 2.75) is 12.8 Å². The number of phenolic OH excluding ortho intramolecular Hbond substituents is 1. The summed E-state index contributed by atoms with van der Waals surface area (Å²) in [5.41, 5.74) is 4.48. The molecule has 0 radical (unpaired) electrons. The van der Waals surface area contributed by atoms with Crippen LogP contribution in [0.1, 0.15) is 22.3 Å². The Labute approximate surface area is 225 Å². The molecule has 0 saturated carbocycles. The molecule has 39 heavy (non-hydrogen) atoms. The van der Waals surface area contributed by atoms with E-state index in [4.69, 9.17) is 14.2 Å². The van der Waals surface area contributed by atoms with E-state index in [1.807, 2.05) is 42.5 Å². The highest BCUT2D eigenvalue weighted by molar-refractivity contribution is 5.84. The maximum Gasteiger partial charge on any atom is 0.305 e. The summed E-state index contributed by atoms with van der Waals surface area (Å²) in [5, 5.41) is 21.2. The van der Waals surface area contributed by atoms with Crippen molar-refractivity contribution in [1.29, 1.82) is 0 Å². The first-order chi connectivity index (χ1) is 18.8. The highest BCUT2D eigenvalue weighted by Crippen LogP contribution is 2.36. The van der Waals surface area contributed by atoms with Gasteiger partial charge in [0.2, 0.25) is 5.82 Å². The van der Waals surface area contributed by atoms with Crippen LogP contribution in [0.2, 0.25) is 0 Å². The molecular weight excluding hydrogens is 501 g/mol. The summed E-state index contributed by atoms with van der Waals surface area (Å²) in [6.07, 6.45) is 4.95. The zero-order valence-electron chi connectivity index (χ0n) is 21.8. The van der Waals surface area contributed by atoms with Crippen molar-refractivity contribution in [3.8, 4) is 34.1 Å². The lowest BCUT2D eigenvalue weighted by atomic mass is 9.95. The average Bonchev–Trinajstić information content (AvgIpc) is 2.95. The van der Waals surface area contributed by atoms with Crippen LogP contribution < -0.4 is 14.2 Å². The summed E-state index contributed by atoms with van der Waals surface area (Å²) in [7, 11) is 4.70. The molecule has 0 atom stereocenters. The third-order valence-corrected chi connectivity index (χ3v) is 6.38. The Morgan fingerprint density at radius 1 is 0.795 bits per heavy atom. The number of methoxy groups -OCH3 is 3. The largest absolute Gasteiger partial charge is 0.504 e. The lowest BCUT2D eigenvalue weighted by Crippen LogP contribution is -1.96. The summed E-state index contributed by atoms with van der Waals surface area (Å²) < 4.78 is 30.0. The van der Waals surface area contributed by atoms with Crippen molar-refractivity contribution in [2.24, 2.45) is 0 Å². The molecule has 0 aliphatic heterocycles. The highest BCUT2D eigenvalue weighted by atomic mass is 19.1. The second-order valence-corrected chi connectivity index (χ2v) is 8.80. The van der Waals surface area contributed by atoms with Crippen LogP contribution in [0.25, 0.3) is 23.3 Å². The molecule has 0 saturated heterocycles. The molecule has 0 heterocycles. The molecule has 4 aromatic carbocycles. The molecule has 7 nitrogen and oxygen atoms in total. The number of nitro groups is 1.